The monoisotopic (exact) mass is 409 g/mol. The molecule has 0 spiro atoms. The molecule has 0 unspecified atom stereocenters. The van der Waals surface area contributed by atoms with Gasteiger partial charge in [-0.15, -0.1) is 0 Å². The van der Waals surface area contributed by atoms with Crippen molar-refractivity contribution in [3.8, 4) is 5.75 Å². The van der Waals surface area contributed by atoms with Crippen LogP contribution in [-0.2, 0) is 18.3 Å². The minimum Gasteiger partial charge on any atom is -0.492 e. The number of morpholine rings is 1. The molecule has 2 heterocycles. The van der Waals surface area contributed by atoms with Crippen LogP contribution in [0.3, 0.4) is 0 Å². The van der Waals surface area contributed by atoms with E-state index in [4.69, 9.17) is 9.47 Å². The Hall–Kier alpha value is -2.90. The molecule has 3 aromatic rings. The highest BCUT2D eigenvalue weighted by Crippen LogP contribution is 2.14. The van der Waals surface area contributed by atoms with Gasteiger partial charge in [0.1, 0.15) is 12.4 Å². The fraction of sp³-hybridized carbons (Fsp3) is 0.391. The summed E-state index contributed by atoms with van der Waals surface area (Å²) < 4.78 is 14.0. The maximum atomic E-state index is 12.9. The van der Waals surface area contributed by atoms with Gasteiger partial charge in [0.05, 0.1) is 30.7 Å². The molecule has 0 aliphatic carbocycles. The van der Waals surface area contributed by atoms with Gasteiger partial charge in [0.25, 0.3) is 5.56 Å². The van der Waals surface area contributed by atoms with Crippen LogP contribution in [0.5, 0.6) is 5.75 Å². The molecule has 158 valence electrons. The summed E-state index contributed by atoms with van der Waals surface area (Å²) in [5.74, 6) is 0.779. The largest absolute Gasteiger partial charge is 0.492 e. The van der Waals surface area contributed by atoms with E-state index in [1.54, 1.807) is 7.05 Å². The number of fused-ring (bicyclic) bond motifs is 1. The van der Waals surface area contributed by atoms with Crippen molar-refractivity contribution in [1.82, 2.24) is 14.0 Å². The van der Waals surface area contributed by atoms with E-state index in [1.807, 2.05) is 49.4 Å². The van der Waals surface area contributed by atoms with E-state index in [0.717, 1.165) is 49.7 Å². The van der Waals surface area contributed by atoms with Gasteiger partial charge < -0.3 is 9.47 Å². The van der Waals surface area contributed by atoms with Gasteiger partial charge in [-0.25, -0.2) is 4.79 Å². The Morgan fingerprint density at radius 1 is 1.03 bits per heavy atom. The van der Waals surface area contributed by atoms with E-state index >= 15 is 0 Å². The van der Waals surface area contributed by atoms with Gasteiger partial charge in [-0.2, -0.15) is 0 Å². The maximum absolute atomic E-state index is 12.9. The summed E-state index contributed by atoms with van der Waals surface area (Å²) in [6.45, 7) is 7.09. The highest BCUT2D eigenvalue weighted by molar-refractivity contribution is 5.78. The molecule has 1 fully saturated rings. The van der Waals surface area contributed by atoms with Crippen molar-refractivity contribution in [2.45, 2.75) is 13.5 Å². The van der Waals surface area contributed by atoms with E-state index in [0.29, 0.717) is 17.5 Å². The molecule has 7 nitrogen and oxygen atoms in total. The fourth-order valence-corrected chi connectivity index (χ4v) is 3.76. The topological polar surface area (TPSA) is 65.7 Å². The minimum atomic E-state index is -0.317. The lowest BCUT2D eigenvalue weighted by molar-refractivity contribution is 0.0322. The van der Waals surface area contributed by atoms with E-state index in [2.05, 4.69) is 4.90 Å². The molecule has 30 heavy (non-hydrogen) atoms. The smallest absolute Gasteiger partial charge is 0.331 e. The van der Waals surface area contributed by atoms with Crippen molar-refractivity contribution in [3.05, 3.63) is 74.4 Å². The summed E-state index contributed by atoms with van der Waals surface area (Å²) in [5.41, 5.74) is 1.94. The SMILES string of the molecule is Cc1ccc2c(c1)c(=O)n(Cc1ccc(OCCN3CCOCC3)cc1)c(=O)n2C. The number of hydrogen-bond acceptors (Lipinski definition) is 5. The predicted molar refractivity (Wildman–Crippen MR) is 116 cm³/mol. The van der Waals surface area contributed by atoms with Gasteiger partial charge in [0.15, 0.2) is 0 Å². The van der Waals surface area contributed by atoms with Crippen molar-refractivity contribution < 1.29 is 9.47 Å². The number of aryl methyl sites for hydroxylation is 2. The zero-order valence-corrected chi connectivity index (χ0v) is 17.5. The molecule has 0 N–H and O–H groups in total. The van der Waals surface area contributed by atoms with Gasteiger partial charge >= 0.3 is 5.69 Å². The Kier molecular flexibility index (Phi) is 6.01. The molecule has 1 saturated heterocycles. The van der Waals surface area contributed by atoms with E-state index in [1.165, 1.54) is 9.13 Å². The van der Waals surface area contributed by atoms with Crippen LogP contribution >= 0.6 is 0 Å². The fourth-order valence-electron chi connectivity index (χ4n) is 3.76. The highest BCUT2D eigenvalue weighted by Gasteiger charge is 2.12. The Labute approximate surface area is 175 Å². The molecule has 0 atom stereocenters. The summed E-state index contributed by atoms with van der Waals surface area (Å²) in [7, 11) is 1.70. The standard InChI is InChI=1S/C23H27N3O4/c1-17-3-8-21-20(15-17)22(27)26(23(28)24(21)2)16-18-4-6-19(7-5-18)30-14-11-25-9-12-29-13-10-25/h3-8,15H,9-14,16H2,1-2H3. The third-order valence-electron chi connectivity index (χ3n) is 5.55. The first-order valence-corrected chi connectivity index (χ1v) is 10.2. The van der Waals surface area contributed by atoms with E-state index in [9.17, 15) is 9.59 Å². The Balaban J connectivity index is 1.47. The molecule has 1 aliphatic heterocycles. The third kappa shape index (κ3) is 4.32. The molecule has 4 rings (SSSR count). The molecule has 1 aromatic heterocycles. The van der Waals surface area contributed by atoms with Crippen molar-refractivity contribution in [3.63, 3.8) is 0 Å². The summed E-state index contributed by atoms with van der Waals surface area (Å²) in [4.78, 5) is 28.0. The number of ether oxygens (including phenoxy) is 2. The number of rotatable bonds is 6. The lowest BCUT2D eigenvalue weighted by Crippen LogP contribution is -2.39. The molecule has 0 amide bonds. The van der Waals surface area contributed by atoms with Crippen LogP contribution in [0.2, 0.25) is 0 Å². The van der Waals surface area contributed by atoms with Crippen LogP contribution in [-0.4, -0.2) is 53.5 Å². The second kappa shape index (κ2) is 8.85. The number of hydrogen-bond donors (Lipinski definition) is 0. The zero-order chi connectivity index (χ0) is 21.1. The van der Waals surface area contributed by atoms with Crippen molar-refractivity contribution >= 4 is 10.9 Å². The lowest BCUT2D eigenvalue weighted by atomic mass is 10.1. The Morgan fingerprint density at radius 2 is 1.77 bits per heavy atom. The second-order valence-electron chi connectivity index (χ2n) is 7.70. The van der Waals surface area contributed by atoms with Crippen LogP contribution < -0.4 is 16.0 Å². The van der Waals surface area contributed by atoms with E-state index in [-0.39, 0.29) is 17.8 Å². The quantitative estimate of drug-likeness (QED) is 0.621. The normalized spacial score (nSPS) is 14.9. The van der Waals surface area contributed by atoms with Crippen LogP contribution in [0, 0.1) is 6.92 Å². The minimum absolute atomic E-state index is 0.226. The van der Waals surface area contributed by atoms with Crippen LogP contribution in [0.1, 0.15) is 11.1 Å². The van der Waals surface area contributed by atoms with E-state index < -0.39 is 0 Å². The number of aromatic nitrogens is 2. The summed E-state index contributed by atoms with van der Waals surface area (Å²) in [6, 6.07) is 13.1. The summed E-state index contributed by atoms with van der Waals surface area (Å²) >= 11 is 0. The molecular weight excluding hydrogens is 382 g/mol. The predicted octanol–water partition coefficient (Wildman–Crippen LogP) is 1.77. The maximum Gasteiger partial charge on any atom is 0.331 e. The van der Waals surface area contributed by atoms with Crippen molar-refractivity contribution in [2.75, 3.05) is 39.5 Å². The average molecular weight is 409 g/mol. The molecular formula is C23H27N3O4. The Morgan fingerprint density at radius 3 is 2.50 bits per heavy atom. The highest BCUT2D eigenvalue weighted by atomic mass is 16.5. The van der Waals surface area contributed by atoms with Crippen LogP contribution in [0.15, 0.2) is 52.1 Å². The van der Waals surface area contributed by atoms with Gasteiger partial charge in [0, 0.05) is 26.7 Å². The average Bonchev–Trinajstić information content (AvgIpc) is 2.77. The summed E-state index contributed by atoms with van der Waals surface area (Å²) in [6.07, 6.45) is 0. The molecule has 1 aliphatic rings. The molecule has 7 heteroatoms. The van der Waals surface area contributed by atoms with Gasteiger partial charge in [-0.05, 0) is 36.8 Å². The molecule has 2 aromatic carbocycles. The number of nitrogens with zero attached hydrogens (tertiary/aromatic N) is 3. The first-order valence-electron chi connectivity index (χ1n) is 10.2. The van der Waals surface area contributed by atoms with Crippen LogP contribution in [0.4, 0.5) is 0 Å². The first-order chi connectivity index (χ1) is 14.5. The molecule has 0 bridgehead atoms. The molecule has 0 saturated carbocycles. The van der Waals surface area contributed by atoms with Crippen molar-refractivity contribution in [2.24, 2.45) is 7.05 Å². The van der Waals surface area contributed by atoms with Gasteiger partial charge in [-0.3, -0.25) is 18.8 Å². The van der Waals surface area contributed by atoms with Gasteiger partial charge in [0.2, 0.25) is 0 Å². The third-order valence-corrected chi connectivity index (χ3v) is 5.55. The lowest BCUT2D eigenvalue weighted by Gasteiger charge is -2.26. The van der Waals surface area contributed by atoms with Crippen LogP contribution in [0.25, 0.3) is 10.9 Å². The van der Waals surface area contributed by atoms with Crippen molar-refractivity contribution in [1.29, 1.82) is 0 Å². The zero-order valence-electron chi connectivity index (χ0n) is 17.5. The second-order valence-corrected chi connectivity index (χ2v) is 7.70. The Bertz CT molecular complexity index is 1140. The number of benzene rings is 2. The first kappa shape index (κ1) is 20.4. The molecule has 0 radical (unpaired) electrons. The summed E-state index contributed by atoms with van der Waals surface area (Å²) in [5, 5.41) is 0.556. The van der Waals surface area contributed by atoms with Gasteiger partial charge in [-0.1, -0.05) is 23.8 Å².